The molecule has 0 aliphatic carbocycles. The molecule has 0 unspecified atom stereocenters. The molecule has 5 heteroatoms. The van der Waals surface area contributed by atoms with E-state index in [1.54, 1.807) is 0 Å². The second-order valence-electron chi connectivity index (χ2n) is 2.88. The van der Waals surface area contributed by atoms with Crippen LogP contribution in [0.15, 0.2) is 12.1 Å². The van der Waals surface area contributed by atoms with Crippen molar-refractivity contribution >= 4 is 35.0 Å². The monoisotopic (exact) mass is 246 g/mol. The van der Waals surface area contributed by atoms with Gasteiger partial charge in [-0.25, -0.2) is 4.79 Å². The van der Waals surface area contributed by atoms with E-state index in [0.29, 0.717) is 17.0 Å². The average Bonchev–Trinajstić information content (AvgIpc) is 2.17. The summed E-state index contributed by atoms with van der Waals surface area (Å²) in [7, 11) is 0. The third-order valence-electron chi connectivity index (χ3n) is 1.98. The number of hydrogen-bond donors (Lipinski definition) is 1. The SMILES string of the molecule is CCc1c(Cl)ccc(C(=O)C(=O)O)c1Cl. The van der Waals surface area contributed by atoms with Gasteiger partial charge in [-0.2, -0.15) is 0 Å². The number of hydrogen-bond acceptors (Lipinski definition) is 2. The quantitative estimate of drug-likeness (QED) is 0.660. The minimum Gasteiger partial charge on any atom is -0.475 e. The first kappa shape index (κ1) is 12.0. The van der Waals surface area contributed by atoms with Gasteiger partial charge < -0.3 is 5.11 Å². The van der Waals surface area contributed by atoms with Crippen LogP contribution >= 0.6 is 23.2 Å². The lowest BCUT2D eigenvalue weighted by atomic mass is 10.1. The first-order valence-electron chi connectivity index (χ1n) is 4.23. The number of Topliss-reactive ketones (excluding diaryl/α,β-unsaturated/α-hetero) is 1. The zero-order valence-corrected chi connectivity index (χ0v) is 9.39. The van der Waals surface area contributed by atoms with Gasteiger partial charge >= 0.3 is 5.97 Å². The number of carboxylic acids is 1. The molecule has 0 saturated carbocycles. The van der Waals surface area contributed by atoms with Gasteiger partial charge in [0.05, 0.1) is 5.02 Å². The maximum absolute atomic E-state index is 11.2. The van der Waals surface area contributed by atoms with E-state index >= 15 is 0 Å². The third-order valence-corrected chi connectivity index (χ3v) is 2.76. The summed E-state index contributed by atoms with van der Waals surface area (Å²) in [5.74, 6) is -2.55. The van der Waals surface area contributed by atoms with Crippen molar-refractivity contribution in [1.29, 1.82) is 0 Å². The Morgan fingerprint density at radius 2 is 1.93 bits per heavy atom. The summed E-state index contributed by atoms with van der Waals surface area (Å²) in [6.07, 6.45) is 0.540. The van der Waals surface area contributed by atoms with E-state index in [1.165, 1.54) is 12.1 Å². The number of benzene rings is 1. The molecular weight excluding hydrogens is 239 g/mol. The summed E-state index contributed by atoms with van der Waals surface area (Å²) in [6.45, 7) is 1.82. The summed E-state index contributed by atoms with van der Waals surface area (Å²) in [4.78, 5) is 21.7. The van der Waals surface area contributed by atoms with E-state index in [4.69, 9.17) is 28.3 Å². The van der Waals surface area contributed by atoms with E-state index < -0.39 is 11.8 Å². The number of ketones is 1. The van der Waals surface area contributed by atoms with Crippen molar-refractivity contribution in [3.05, 3.63) is 33.3 Å². The minimum atomic E-state index is -1.53. The molecular formula is C10H8Cl2O3. The lowest BCUT2D eigenvalue weighted by molar-refractivity contribution is -0.131. The predicted octanol–water partition coefficient (Wildman–Crippen LogP) is 2.82. The molecule has 0 heterocycles. The molecule has 15 heavy (non-hydrogen) atoms. The highest BCUT2D eigenvalue weighted by molar-refractivity contribution is 6.46. The van der Waals surface area contributed by atoms with Crippen LogP contribution in [0, 0.1) is 0 Å². The fourth-order valence-corrected chi connectivity index (χ4v) is 1.94. The number of halogens is 2. The van der Waals surface area contributed by atoms with E-state index in [-0.39, 0.29) is 10.6 Å². The van der Waals surface area contributed by atoms with Crippen molar-refractivity contribution in [2.45, 2.75) is 13.3 Å². The molecule has 0 radical (unpaired) electrons. The zero-order valence-electron chi connectivity index (χ0n) is 7.88. The molecule has 0 atom stereocenters. The molecule has 0 fully saturated rings. The lowest BCUT2D eigenvalue weighted by Crippen LogP contribution is -2.13. The Balaban J connectivity index is 3.34. The highest BCUT2D eigenvalue weighted by Crippen LogP contribution is 2.28. The second-order valence-corrected chi connectivity index (χ2v) is 3.66. The summed E-state index contributed by atoms with van der Waals surface area (Å²) < 4.78 is 0. The normalized spacial score (nSPS) is 10.1. The predicted molar refractivity (Wildman–Crippen MR) is 57.8 cm³/mol. The summed E-state index contributed by atoms with van der Waals surface area (Å²) >= 11 is 11.7. The highest BCUT2D eigenvalue weighted by Gasteiger charge is 2.20. The Morgan fingerprint density at radius 3 is 2.40 bits per heavy atom. The van der Waals surface area contributed by atoms with Crippen molar-refractivity contribution in [2.24, 2.45) is 0 Å². The number of carboxylic acid groups (broad SMARTS) is 1. The van der Waals surface area contributed by atoms with Gasteiger partial charge in [-0.1, -0.05) is 30.1 Å². The van der Waals surface area contributed by atoms with Crippen molar-refractivity contribution in [1.82, 2.24) is 0 Å². The smallest absolute Gasteiger partial charge is 0.377 e. The van der Waals surface area contributed by atoms with Crippen LogP contribution in [0.2, 0.25) is 10.0 Å². The Bertz CT molecular complexity index is 427. The molecule has 1 N–H and O–H groups in total. The summed E-state index contributed by atoms with van der Waals surface area (Å²) in [6, 6.07) is 2.79. The molecule has 3 nitrogen and oxygen atoms in total. The van der Waals surface area contributed by atoms with Crippen molar-refractivity contribution in [3.63, 3.8) is 0 Å². The fourth-order valence-electron chi connectivity index (χ4n) is 1.21. The van der Waals surface area contributed by atoms with Crippen LogP contribution in [0.25, 0.3) is 0 Å². The molecule has 0 aliphatic rings. The van der Waals surface area contributed by atoms with Gasteiger partial charge in [0.1, 0.15) is 0 Å². The van der Waals surface area contributed by atoms with Crippen LogP contribution in [-0.2, 0) is 11.2 Å². The van der Waals surface area contributed by atoms with Gasteiger partial charge in [0.25, 0.3) is 5.78 Å². The Hall–Kier alpha value is -1.06. The minimum absolute atomic E-state index is 0.0228. The van der Waals surface area contributed by atoms with E-state index in [2.05, 4.69) is 0 Å². The molecule has 1 rings (SSSR count). The van der Waals surface area contributed by atoms with Crippen molar-refractivity contribution < 1.29 is 14.7 Å². The van der Waals surface area contributed by atoms with E-state index in [9.17, 15) is 9.59 Å². The van der Waals surface area contributed by atoms with Crippen LogP contribution in [0.1, 0.15) is 22.8 Å². The third kappa shape index (κ3) is 2.30. The molecule has 1 aromatic rings. The van der Waals surface area contributed by atoms with Gasteiger partial charge in [0.15, 0.2) is 0 Å². The molecule has 0 spiro atoms. The molecule has 0 aromatic heterocycles. The Labute approximate surface area is 96.6 Å². The first-order chi connectivity index (χ1) is 6.99. The fraction of sp³-hybridized carbons (Fsp3) is 0.200. The van der Waals surface area contributed by atoms with Crippen LogP contribution in [-0.4, -0.2) is 16.9 Å². The van der Waals surface area contributed by atoms with Crippen LogP contribution in [0.5, 0.6) is 0 Å². The lowest BCUT2D eigenvalue weighted by Gasteiger charge is -2.07. The second kappa shape index (κ2) is 4.64. The summed E-state index contributed by atoms with van der Waals surface area (Å²) in [5, 5.41) is 9.11. The van der Waals surface area contributed by atoms with Gasteiger partial charge in [0, 0.05) is 10.6 Å². The van der Waals surface area contributed by atoms with E-state index in [0.717, 1.165) is 0 Å². The van der Waals surface area contributed by atoms with Gasteiger partial charge in [-0.15, -0.1) is 0 Å². The van der Waals surface area contributed by atoms with Crippen LogP contribution in [0.4, 0.5) is 0 Å². The maximum Gasteiger partial charge on any atom is 0.377 e. The van der Waals surface area contributed by atoms with Gasteiger partial charge in [-0.05, 0) is 24.1 Å². The molecule has 0 amide bonds. The molecule has 80 valence electrons. The van der Waals surface area contributed by atoms with Crippen LogP contribution < -0.4 is 0 Å². The molecule has 0 bridgehead atoms. The highest BCUT2D eigenvalue weighted by atomic mass is 35.5. The van der Waals surface area contributed by atoms with Crippen LogP contribution in [0.3, 0.4) is 0 Å². The van der Waals surface area contributed by atoms with Crippen molar-refractivity contribution in [2.75, 3.05) is 0 Å². The van der Waals surface area contributed by atoms with Gasteiger partial charge in [-0.3, -0.25) is 4.79 Å². The molecule has 0 aliphatic heterocycles. The largest absolute Gasteiger partial charge is 0.475 e. The molecule has 1 aromatic carbocycles. The number of carbonyl (C=O) groups is 2. The van der Waals surface area contributed by atoms with Crippen molar-refractivity contribution in [3.8, 4) is 0 Å². The van der Waals surface area contributed by atoms with Gasteiger partial charge in [0.2, 0.25) is 0 Å². The summed E-state index contributed by atoms with van der Waals surface area (Å²) in [5.41, 5.74) is 0.566. The average molecular weight is 247 g/mol. The van der Waals surface area contributed by atoms with E-state index in [1.807, 2.05) is 6.92 Å². The number of aliphatic carboxylic acids is 1. The molecule has 0 saturated heterocycles. The first-order valence-corrected chi connectivity index (χ1v) is 4.99. The standard InChI is InChI=1S/C10H8Cl2O3/c1-2-5-7(11)4-3-6(8(5)12)9(13)10(14)15/h3-4H,2H2,1H3,(H,14,15). The Kier molecular flexibility index (Phi) is 3.72. The maximum atomic E-state index is 11.2. The topological polar surface area (TPSA) is 54.4 Å². The zero-order chi connectivity index (χ0) is 11.6. The Morgan fingerprint density at radius 1 is 1.33 bits per heavy atom. The number of carbonyl (C=O) groups excluding carboxylic acids is 1. The number of rotatable bonds is 3.